The maximum atomic E-state index is 13.0. The number of ether oxygens (including phenoxy) is 2. The van der Waals surface area contributed by atoms with Gasteiger partial charge in [-0.15, -0.1) is 12.3 Å². The minimum atomic E-state index is -2.30. The minimum absolute atomic E-state index is 0.0937. The predicted molar refractivity (Wildman–Crippen MR) is 122 cm³/mol. The molecule has 0 saturated heterocycles. The number of hydrogen-bond acceptors (Lipinski definition) is 5. The molecule has 0 N–H and O–H groups in total. The van der Waals surface area contributed by atoms with Gasteiger partial charge in [0, 0.05) is 12.0 Å². The third kappa shape index (κ3) is 5.99. The standard InChI is InChI=1S/C24H34O5Si/c1-9-17-24(21(25)27-10-2,22(26)28-11-3)18-20(19-15-13-12-14-16-19)29-30(7,8)23(4,5)6/h1,12-16,18H,10-11,17H2,2-8H3/b20-18+. The monoisotopic (exact) mass is 430 g/mol. The van der Waals surface area contributed by atoms with Crippen molar-refractivity contribution in [3.8, 4) is 12.3 Å². The van der Waals surface area contributed by atoms with Gasteiger partial charge in [0.25, 0.3) is 0 Å². The smallest absolute Gasteiger partial charge is 0.328 e. The van der Waals surface area contributed by atoms with Gasteiger partial charge in [-0.2, -0.15) is 0 Å². The SMILES string of the molecule is C#CCC(/C=C(/O[Si](C)(C)C(C)(C)C)c1ccccc1)(C(=O)OCC)C(=O)OCC. The molecule has 0 aliphatic carbocycles. The van der Waals surface area contributed by atoms with Gasteiger partial charge in [0.05, 0.1) is 13.2 Å². The van der Waals surface area contributed by atoms with Crippen molar-refractivity contribution in [2.75, 3.05) is 13.2 Å². The van der Waals surface area contributed by atoms with E-state index in [0.29, 0.717) is 5.76 Å². The molecule has 0 atom stereocenters. The average molecular weight is 431 g/mol. The molecule has 1 rings (SSSR count). The fourth-order valence-corrected chi connectivity index (χ4v) is 3.54. The first kappa shape index (κ1) is 25.5. The highest BCUT2D eigenvalue weighted by Gasteiger charge is 2.48. The maximum absolute atomic E-state index is 13.0. The van der Waals surface area contributed by atoms with Gasteiger partial charge in [-0.25, -0.2) is 0 Å². The topological polar surface area (TPSA) is 61.8 Å². The van der Waals surface area contributed by atoms with E-state index in [4.69, 9.17) is 20.3 Å². The van der Waals surface area contributed by atoms with Gasteiger partial charge in [-0.3, -0.25) is 9.59 Å². The zero-order valence-electron chi connectivity index (χ0n) is 19.2. The number of esters is 2. The van der Waals surface area contributed by atoms with Crippen LogP contribution in [0.5, 0.6) is 0 Å². The van der Waals surface area contributed by atoms with Gasteiger partial charge in [-0.1, -0.05) is 51.1 Å². The number of terminal acetylenes is 1. The molecule has 5 nitrogen and oxygen atoms in total. The van der Waals surface area contributed by atoms with Crippen LogP contribution < -0.4 is 0 Å². The molecule has 6 heteroatoms. The van der Waals surface area contributed by atoms with Crippen LogP contribution in [0.3, 0.4) is 0 Å². The van der Waals surface area contributed by atoms with Crippen LogP contribution >= 0.6 is 0 Å². The fourth-order valence-electron chi connectivity index (χ4n) is 2.50. The molecule has 0 amide bonds. The van der Waals surface area contributed by atoms with Gasteiger partial charge in [-0.05, 0) is 38.1 Å². The Hall–Kier alpha value is -2.52. The second kappa shape index (κ2) is 10.5. The third-order valence-electron chi connectivity index (χ3n) is 5.27. The van der Waals surface area contributed by atoms with Crippen molar-refractivity contribution < 1.29 is 23.5 Å². The fraction of sp³-hybridized carbons (Fsp3) is 0.500. The summed E-state index contributed by atoms with van der Waals surface area (Å²) < 4.78 is 17.0. The molecule has 0 heterocycles. The molecular formula is C24H34O5Si. The molecule has 0 aromatic heterocycles. The van der Waals surface area contributed by atoms with Crippen LogP contribution in [0.25, 0.3) is 5.76 Å². The summed E-state index contributed by atoms with van der Waals surface area (Å²) in [7, 11) is -2.30. The van der Waals surface area contributed by atoms with E-state index in [1.807, 2.05) is 30.3 Å². The summed E-state index contributed by atoms with van der Waals surface area (Å²) in [4.78, 5) is 26.0. The molecule has 1 aromatic carbocycles. The summed E-state index contributed by atoms with van der Waals surface area (Å²) in [5.41, 5.74) is -1.04. The molecule has 30 heavy (non-hydrogen) atoms. The van der Waals surface area contributed by atoms with E-state index in [-0.39, 0.29) is 24.7 Å². The van der Waals surface area contributed by atoms with Crippen molar-refractivity contribution in [1.29, 1.82) is 0 Å². The maximum Gasteiger partial charge on any atom is 0.328 e. The molecule has 0 spiro atoms. The van der Waals surface area contributed by atoms with Crippen molar-refractivity contribution in [3.63, 3.8) is 0 Å². The summed E-state index contributed by atoms with van der Waals surface area (Å²) in [5.74, 6) is 1.39. The quantitative estimate of drug-likeness (QED) is 0.177. The lowest BCUT2D eigenvalue weighted by Gasteiger charge is -2.38. The van der Waals surface area contributed by atoms with Crippen LogP contribution in [-0.2, 0) is 23.5 Å². The Kier molecular flexibility index (Phi) is 8.92. The summed E-state index contributed by atoms with van der Waals surface area (Å²) in [5, 5.41) is -0.0937. The van der Waals surface area contributed by atoms with Crippen LogP contribution in [0, 0.1) is 17.8 Å². The van der Waals surface area contributed by atoms with Crippen LogP contribution in [0.2, 0.25) is 18.1 Å². The predicted octanol–water partition coefficient (Wildman–Crippen LogP) is 5.19. The van der Waals surface area contributed by atoms with Crippen molar-refractivity contribution >= 4 is 26.0 Å². The van der Waals surface area contributed by atoms with E-state index in [2.05, 4.69) is 39.8 Å². The van der Waals surface area contributed by atoms with Crippen molar-refractivity contribution in [2.45, 2.75) is 59.2 Å². The third-order valence-corrected chi connectivity index (χ3v) is 9.61. The minimum Gasteiger partial charge on any atom is -0.543 e. The first-order valence-corrected chi connectivity index (χ1v) is 13.1. The van der Waals surface area contributed by atoms with Gasteiger partial charge in [0.1, 0.15) is 5.76 Å². The summed E-state index contributed by atoms with van der Waals surface area (Å²) in [6.07, 6.45) is 6.87. The molecular weight excluding hydrogens is 396 g/mol. The van der Waals surface area contributed by atoms with Crippen LogP contribution in [-0.4, -0.2) is 33.5 Å². The average Bonchev–Trinajstić information content (AvgIpc) is 2.66. The zero-order valence-corrected chi connectivity index (χ0v) is 20.2. The van der Waals surface area contributed by atoms with E-state index >= 15 is 0 Å². The van der Waals surface area contributed by atoms with Gasteiger partial charge in [0.2, 0.25) is 8.32 Å². The highest BCUT2D eigenvalue weighted by molar-refractivity contribution is 6.74. The van der Waals surface area contributed by atoms with E-state index in [1.54, 1.807) is 13.8 Å². The second-order valence-corrected chi connectivity index (χ2v) is 13.3. The Morgan fingerprint density at radius 3 is 1.93 bits per heavy atom. The van der Waals surface area contributed by atoms with Crippen LogP contribution in [0.4, 0.5) is 0 Å². The van der Waals surface area contributed by atoms with Crippen molar-refractivity contribution in [2.24, 2.45) is 5.41 Å². The lowest BCUT2D eigenvalue weighted by molar-refractivity contribution is -0.167. The van der Waals surface area contributed by atoms with E-state index in [9.17, 15) is 9.59 Å². The van der Waals surface area contributed by atoms with Crippen molar-refractivity contribution in [3.05, 3.63) is 42.0 Å². The second-order valence-electron chi connectivity index (χ2n) is 8.53. The molecule has 164 valence electrons. The van der Waals surface area contributed by atoms with E-state index in [0.717, 1.165) is 5.56 Å². The van der Waals surface area contributed by atoms with E-state index < -0.39 is 25.7 Å². The molecule has 0 unspecified atom stereocenters. The molecule has 0 bridgehead atoms. The summed E-state index contributed by atoms with van der Waals surface area (Å²) >= 11 is 0. The van der Waals surface area contributed by atoms with Crippen LogP contribution in [0.1, 0.15) is 46.6 Å². The first-order chi connectivity index (χ1) is 13.9. The number of rotatable bonds is 9. The first-order valence-electron chi connectivity index (χ1n) is 10.2. The zero-order chi connectivity index (χ0) is 23.0. The normalized spacial score (nSPS) is 12.7. The van der Waals surface area contributed by atoms with Gasteiger partial charge in [0.15, 0.2) is 5.41 Å². The lowest BCUT2D eigenvalue weighted by Crippen LogP contribution is -2.43. The summed E-state index contributed by atoms with van der Waals surface area (Å²) in [6.45, 7) is 14.1. The highest BCUT2D eigenvalue weighted by atomic mass is 28.4. The molecule has 0 aliphatic rings. The van der Waals surface area contributed by atoms with E-state index in [1.165, 1.54) is 6.08 Å². The Morgan fingerprint density at radius 1 is 1.03 bits per heavy atom. The molecule has 0 fully saturated rings. The highest BCUT2D eigenvalue weighted by Crippen LogP contribution is 2.41. The Bertz CT molecular complexity index is 779. The number of carbonyl (C=O) groups excluding carboxylic acids is 2. The Morgan fingerprint density at radius 2 is 1.53 bits per heavy atom. The Balaban J connectivity index is 3.75. The summed E-state index contributed by atoms with van der Waals surface area (Å²) in [6, 6.07) is 9.37. The lowest BCUT2D eigenvalue weighted by atomic mass is 9.83. The number of benzene rings is 1. The largest absolute Gasteiger partial charge is 0.543 e. The van der Waals surface area contributed by atoms with Gasteiger partial charge < -0.3 is 13.9 Å². The van der Waals surface area contributed by atoms with Crippen molar-refractivity contribution in [1.82, 2.24) is 0 Å². The van der Waals surface area contributed by atoms with Crippen LogP contribution in [0.15, 0.2) is 36.4 Å². The molecule has 0 saturated carbocycles. The molecule has 0 aliphatic heterocycles. The van der Waals surface area contributed by atoms with Gasteiger partial charge >= 0.3 is 11.9 Å². The Labute approximate surface area is 181 Å². The number of carbonyl (C=O) groups is 2. The molecule has 0 radical (unpaired) electrons. The number of hydrogen-bond donors (Lipinski definition) is 0. The molecule has 1 aromatic rings.